The zero-order valence-corrected chi connectivity index (χ0v) is 11.6. The van der Waals surface area contributed by atoms with Crippen LogP contribution in [0.15, 0.2) is 24.3 Å². The van der Waals surface area contributed by atoms with E-state index in [1.807, 2.05) is 24.3 Å². The summed E-state index contributed by atoms with van der Waals surface area (Å²) in [5.41, 5.74) is 6.47. The molecule has 0 aliphatic carbocycles. The van der Waals surface area contributed by atoms with E-state index in [4.69, 9.17) is 15.9 Å². The maximum Gasteiger partial charge on any atom is 0.122 e. The van der Waals surface area contributed by atoms with Crippen LogP contribution in [0, 0.1) is 10.8 Å². The highest BCUT2D eigenvalue weighted by molar-refractivity contribution is 5.94. The summed E-state index contributed by atoms with van der Waals surface area (Å²) in [7, 11) is 0. The van der Waals surface area contributed by atoms with E-state index in [0.29, 0.717) is 5.41 Å². The van der Waals surface area contributed by atoms with E-state index >= 15 is 0 Å². The minimum absolute atomic E-state index is 0.0885. The van der Waals surface area contributed by atoms with E-state index < -0.39 is 0 Å². The van der Waals surface area contributed by atoms with Gasteiger partial charge in [0.2, 0.25) is 0 Å². The van der Waals surface area contributed by atoms with Gasteiger partial charge < -0.3 is 10.5 Å². The first kappa shape index (κ1) is 14.6. The molecule has 0 fully saturated rings. The first-order valence-electron chi connectivity index (χ1n) is 6.52. The molecule has 3 nitrogen and oxygen atoms in total. The van der Waals surface area contributed by atoms with Crippen molar-refractivity contribution in [1.29, 1.82) is 5.41 Å². The van der Waals surface area contributed by atoms with Crippen molar-refractivity contribution >= 4 is 5.84 Å². The largest absolute Gasteiger partial charge is 0.494 e. The van der Waals surface area contributed by atoms with Crippen LogP contribution in [-0.4, -0.2) is 12.4 Å². The molecule has 0 atom stereocenters. The van der Waals surface area contributed by atoms with Crippen LogP contribution in [0.25, 0.3) is 0 Å². The molecule has 1 aromatic rings. The Kier molecular flexibility index (Phi) is 5.20. The van der Waals surface area contributed by atoms with Gasteiger partial charge in [-0.05, 0) is 42.5 Å². The van der Waals surface area contributed by atoms with Gasteiger partial charge >= 0.3 is 0 Å². The molecule has 0 amide bonds. The summed E-state index contributed by atoms with van der Waals surface area (Å²) >= 11 is 0. The van der Waals surface area contributed by atoms with E-state index in [1.165, 1.54) is 12.8 Å². The first-order chi connectivity index (χ1) is 8.44. The molecule has 0 spiro atoms. The molecule has 0 aromatic heterocycles. The van der Waals surface area contributed by atoms with Gasteiger partial charge in [-0.3, -0.25) is 5.41 Å². The molecule has 0 heterocycles. The van der Waals surface area contributed by atoms with Crippen LogP contribution < -0.4 is 10.5 Å². The van der Waals surface area contributed by atoms with Crippen molar-refractivity contribution in [3.63, 3.8) is 0 Å². The lowest BCUT2D eigenvalue weighted by Crippen LogP contribution is -2.15. The first-order valence-corrected chi connectivity index (χ1v) is 6.52. The van der Waals surface area contributed by atoms with Gasteiger partial charge in [0.25, 0.3) is 0 Å². The van der Waals surface area contributed by atoms with Crippen LogP contribution in [0.3, 0.4) is 0 Å². The Labute approximate surface area is 110 Å². The number of hydrogen-bond acceptors (Lipinski definition) is 2. The molecule has 0 saturated carbocycles. The second kappa shape index (κ2) is 6.43. The second-order valence-corrected chi connectivity index (χ2v) is 5.45. The van der Waals surface area contributed by atoms with Crippen molar-refractivity contribution in [1.82, 2.24) is 0 Å². The predicted molar refractivity (Wildman–Crippen MR) is 76.3 cm³/mol. The normalized spacial score (nSPS) is 11.3. The third-order valence-corrected chi connectivity index (χ3v) is 3.14. The zero-order chi connectivity index (χ0) is 13.6. The molecule has 0 saturated heterocycles. The quantitative estimate of drug-likeness (QED) is 0.572. The summed E-state index contributed by atoms with van der Waals surface area (Å²) in [6.07, 6.45) is 3.48. The van der Waals surface area contributed by atoms with Crippen molar-refractivity contribution in [3.8, 4) is 5.75 Å². The molecule has 0 aliphatic heterocycles. The SMILES string of the molecule is CCCC(C)(C)CCOc1ccc(C(=N)N)cc1. The molecule has 1 rings (SSSR count). The molecular weight excluding hydrogens is 224 g/mol. The van der Waals surface area contributed by atoms with E-state index in [0.717, 1.165) is 24.3 Å². The van der Waals surface area contributed by atoms with Crippen LogP contribution >= 0.6 is 0 Å². The molecule has 0 aliphatic rings. The van der Waals surface area contributed by atoms with Gasteiger partial charge in [-0.1, -0.05) is 27.2 Å². The van der Waals surface area contributed by atoms with Crippen LogP contribution in [0.1, 0.15) is 45.6 Å². The number of amidine groups is 1. The molecule has 100 valence electrons. The monoisotopic (exact) mass is 248 g/mol. The van der Waals surface area contributed by atoms with Gasteiger partial charge in [-0.2, -0.15) is 0 Å². The molecule has 1 aromatic carbocycles. The Bertz CT molecular complexity index is 382. The van der Waals surface area contributed by atoms with Gasteiger partial charge in [-0.15, -0.1) is 0 Å². The van der Waals surface area contributed by atoms with Crippen molar-refractivity contribution < 1.29 is 4.74 Å². The molecule has 3 N–H and O–H groups in total. The summed E-state index contributed by atoms with van der Waals surface area (Å²) in [5, 5.41) is 7.31. The number of nitrogen functional groups attached to an aromatic ring is 1. The zero-order valence-electron chi connectivity index (χ0n) is 11.6. The molecule has 18 heavy (non-hydrogen) atoms. The number of ether oxygens (including phenoxy) is 1. The molecule has 0 bridgehead atoms. The van der Waals surface area contributed by atoms with Crippen LogP contribution in [0.5, 0.6) is 5.75 Å². The van der Waals surface area contributed by atoms with Gasteiger partial charge in [0, 0.05) is 5.56 Å². The summed E-state index contributed by atoms with van der Waals surface area (Å²) in [4.78, 5) is 0. The molecule has 3 heteroatoms. The Morgan fingerprint density at radius 1 is 1.22 bits per heavy atom. The summed E-state index contributed by atoms with van der Waals surface area (Å²) in [6, 6.07) is 7.36. The van der Waals surface area contributed by atoms with Crippen LogP contribution in [0.4, 0.5) is 0 Å². The Balaban J connectivity index is 2.42. The average molecular weight is 248 g/mol. The van der Waals surface area contributed by atoms with Crippen LogP contribution in [0.2, 0.25) is 0 Å². The minimum Gasteiger partial charge on any atom is -0.494 e. The van der Waals surface area contributed by atoms with Crippen molar-refractivity contribution in [2.24, 2.45) is 11.1 Å². The Morgan fingerprint density at radius 3 is 2.33 bits per heavy atom. The molecular formula is C15H24N2O. The lowest BCUT2D eigenvalue weighted by Gasteiger charge is -2.23. The number of rotatable bonds is 7. The van der Waals surface area contributed by atoms with E-state index in [2.05, 4.69) is 20.8 Å². The average Bonchev–Trinajstić information content (AvgIpc) is 2.29. The Morgan fingerprint density at radius 2 is 1.83 bits per heavy atom. The van der Waals surface area contributed by atoms with Gasteiger partial charge in [0.05, 0.1) is 6.61 Å². The van der Waals surface area contributed by atoms with Crippen molar-refractivity contribution in [2.75, 3.05) is 6.61 Å². The number of nitrogens with one attached hydrogen (secondary N) is 1. The number of nitrogens with two attached hydrogens (primary N) is 1. The summed E-state index contributed by atoms with van der Waals surface area (Å²) < 4.78 is 5.71. The number of benzene rings is 1. The standard InChI is InChI=1S/C15H24N2O/c1-4-9-15(2,3)10-11-18-13-7-5-12(6-8-13)14(16)17/h5-8H,4,9-11H2,1-3H3,(H3,16,17). The highest BCUT2D eigenvalue weighted by Gasteiger charge is 2.16. The smallest absolute Gasteiger partial charge is 0.122 e. The predicted octanol–water partition coefficient (Wildman–Crippen LogP) is 3.57. The number of hydrogen-bond donors (Lipinski definition) is 2. The van der Waals surface area contributed by atoms with Crippen molar-refractivity contribution in [2.45, 2.75) is 40.0 Å². The minimum atomic E-state index is 0.0885. The van der Waals surface area contributed by atoms with Gasteiger partial charge in [0.15, 0.2) is 0 Å². The molecule has 0 unspecified atom stereocenters. The highest BCUT2D eigenvalue weighted by Crippen LogP contribution is 2.26. The third-order valence-electron chi connectivity index (χ3n) is 3.14. The van der Waals surface area contributed by atoms with E-state index in [1.54, 1.807) is 0 Å². The van der Waals surface area contributed by atoms with Crippen LogP contribution in [-0.2, 0) is 0 Å². The maximum absolute atomic E-state index is 7.31. The second-order valence-electron chi connectivity index (χ2n) is 5.45. The lowest BCUT2D eigenvalue weighted by atomic mass is 9.85. The van der Waals surface area contributed by atoms with Gasteiger partial charge in [-0.25, -0.2) is 0 Å². The fourth-order valence-corrected chi connectivity index (χ4v) is 1.98. The highest BCUT2D eigenvalue weighted by atomic mass is 16.5. The fraction of sp³-hybridized carbons (Fsp3) is 0.533. The fourth-order valence-electron chi connectivity index (χ4n) is 1.98. The molecule has 0 radical (unpaired) electrons. The van der Waals surface area contributed by atoms with E-state index in [9.17, 15) is 0 Å². The summed E-state index contributed by atoms with van der Waals surface area (Å²) in [5.74, 6) is 0.929. The topological polar surface area (TPSA) is 59.1 Å². The summed E-state index contributed by atoms with van der Waals surface area (Å²) in [6.45, 7) is 7.49. The maximum atomic E-state index is 7.31. The van der Waals surface area contributed by atoms with Crippen molar-refractivity contribution in [3.05, 3.63) is 29.8 Å². The van der Waals surface area contributed by atoms with E-state index in [-0.39, 0.29) is 5.84 Å². The van der Waals surface area contributed by atoms with Gasteiger partial charge in [0.1, 0.15) is 11.6 Å². The lowest BCUT2D eigenvalue weighted by molar-refractivity contribution is 0.216. The Hall–Kier alpha value is -1.51. The third kappa shape index (κ3) is 4.78.